The first kappa shape index (κ1) is 17.1. The SMILES string of the molecule is Cc1nc(CN2CCO[C@@H]3CN(Cc4ccccn4)CC[C@@H]3C2)cs1. The van der Waals surface area contributed by atoms with Gasteiger partial charge in [0.15, 0.2) is 0 Å². The van der Waals surface area contributed by atoms with Crippen LogP contribution < -0.4 is 0 Å². The monoisotopic (exact) mass is 358 g/mol. The zero-order valence-electron chi connectivity index (χ0n) is 14.8. The molecule has 0 aromatic carbocycles. The molecular formula is C19H26N4OS. The Bertz CT molecular complexity index is 677. The minimum Gasteiger partial charge on any atom is -0.375 e. The number of hydrogen-bond acceptors (Lipinski definition) is 6. The summed E-state index contributed by atoms with van der Waals surface area (Å²) >= 11 is 1.74. The molecule has 2 fully saturated rings. The van der Waals surface area contributed by atoms with E-state index in [1.807, 2.05) is 12.3 Å². The molecule has 4 rings (SSSR count). The Hall–Kier alpha value is -1.34. The number of piperidine rings is 1. The van der Waals surface area contributed by atoms with Crippen LogP contribution in [0.1, 0.15) is 22.8 Å². The minimum atomic E-state index is 0.347. The number of rotatable bonds is 4. The first-order chi connectivity index (χ1) is 12.3. The van der Waals surface area contributed by atoms with E-state index in [-0.39, 0.29) is 0 Å². The number of aryl methyl sites for hydroxylation is 1. The van der Waals surface area contributed by atoms with E-state index in [9.17, 15) is 0 Å². The lowest BCUT2D eigenvalue weighted by Crippen LogP contribution is -2.46. The Balaban J connectivity index is 1.34. The Morgan fingerprint density at radius 2 is 2.04 bits per heavy atom. The summed E-state index contributed by atoms with van der Waals surface area (Å²) < 4.78 is 6.23. The van der Waals surface area contributed by atoms with Crippen molar-refractivity contribution in [2.24, 2.45) is 5.92 Å². The topological polar surface area (TPSA) is 41.5 Å². The number of thiazole rings is 1. The van der Waals surface area contributed by atoms with Gasteiger partial charge in [0.1, 0.15) is 0 Å². The zero-order valence-corrected chi connectivity index (χ0v) is 15.6. The molecule has 0 N–H and O–H groups in total. The number of fused-ring (bicyclic) bond motifs is 1. The van der Waals surface area contributed by atoms with Crippen LogP contribution in [0, 0.1) is 12.8 Å². The number of ether oxygens (including phenoxy) is 1. The predicted molar refractivity (Wildman–Crippen MR) is 99.5 cm³/mol. The summed E-state index contributed by atoms with van der Waals surface area (Å²) in [4.78, 5) is 14.1. The van der Waals surface area contributed by atoms with Gasteiger partial charge >= 0.3 is 0 Å². The fourth-order valence-electron chi connectivity index (χ4n) is 3.90. The van der Waals surface area contributed by atoms with Crippen molar-refractivity contribution in [2.75, 3.05) is 32.8 Å². The maximum absolute atomic E-state index is 6.23. The molecule has 0 bridgehead atoms. The van der Waals surface area contributed by atoms with Gasteiger partial charge in [-0.15, -0.1) is 11.3 Å². The van der Waals surface area contributed by atoms with Crippen molar-refractivity contribution < 1.29 is 4.74 Å². The average Bonchev–Trinajstić information content (AvgIpc) is 2.91. The molecule has 0 aliphatic carbocycles. The molecule has 5 nitrogen and oxygen atoms in total. The molecule has 0 amide bonds. The molecule has 0 spiro atoms. The summed E-state index contributed by atoms with van der Waals surface area (Å²) in [6, 6.07) is 6.15. The summed E-state index contributed by atoms with van der Waals surface area (Å²) in [6.45, 7) is 9.05. The predicted octanol–water partition coefficient (Wildman–Crippen LogP) is 2.57. The molecular weight excluding hydrogens is 332 g/mol. The molecule has 2 aromatic heterocycles. The van der Waals surface area contributed by atoms with Crippen LogP contribution in [0.3, 0.4) is 0 Å². The average molecular weight is 359 g/mol. The van der Waals surface area contributed by atoms with Crippen molar-refractivity contribution in [1.29, 1.82) is 0 Å². The fraction of sp³-hybridized carbons (Fsp3) is 0.579. The van der Waals surface area contributed by atoms with E-state index in [1.54, 1.807) is 11.3 Å². The lowest BCUT2D eigenvalue weighted by Gasteiger charge is -2.37. The molecule has 2 aliphatic heterocycles. The molecule has 6 heteroatoms. The van der Waals surface area contributed by atoms with Crippen LogP contribution in [0.5, 0.6) is 0 Å². The molecule has 2 atom stereocenters. The van der Waals surface area contributed by atoms with Gasteiger partial charge in [0, 0.05) is 50.2 Å². The van der Waals surface area contributed by atoms with Gasteiger partial charge in [0.25, 0.3) is 0 Å². The van der Waals surface area contributed by atoms with Crippen molar-refractivity contribution in [3.05, 3.63) is 46.2 Å². The Kier molecular flexibility index (Phi) is 5.41. The molecule has 2 aromatic rings. The maximum Gasteiger partial charge on any atom is 0.0897 e. The highest BCUT2D eigenvalue weighted by molar-refractivity contribution is 7.09. The van der Waals surface area contributed by atoms with E-state index in [0.29, 0.717) is 12.0 Å². The lowest BCUT2D eigenvalue weighted by atomic mass is 9.93. The van der Waals surface area contributed by atoms with E-state index < -0.39 is 0 Å². The molecule has 2 aliphatic rings. The number of aromatic nitrogens is 2. The van der Waals surface area contributed by atoms with E-state index in [4.69, 9.17) is 4.74 Å². The number of pyridine rings is 1. The van der Waals surface area contributed by atoms with Crippen LogP contribution in [0.15, 0.2) is 29.8 Å². The van der Waals surface area contributed by atoms with Crippen molar-refractivity contribution in [3.63, 3.8) is 0 Å². The third-order valence-corrected chi connectivity index (χ3v) is 6.00. The molecule has 0 unspecified atom stereocenters. The molecule has 4 heterocycles. The van der Waals surface area contributed by atoms with Crippen LogP contribution >= 0.6 is 11.3 Å². The van der Waals surface area contributed by atoms with Gasteiger partial charge in [-0.2, -0.15) is 0 Å². The summed E-state index contributed by atoms with van der Waals surface area (Å²) in [6.07, 6.45) is 3.42. The van der Waals surface area contributed by atoms with Crippen LogP contribution in [0.25, 0.3) is 0 Å². The Morgan fingerprint density at radius 3 is 2.84 bits per heavy atom. The standard InChI is InChI=1S/C19H26N4OS/c1-15-21-18(14-25-15)12-23-8-9-24-19-13-22(7-5-16(19)10-23)11-17-4-2-3-6-20-17/h2-4,6,14,16,19H,5,7-13H2,1H3/t16-,19-/m1/s1. The molecule has 2 saturated heterocycles. The van der Waals surface area contributed by atoms with Gasteiger partial charge in [0.2, 0.25) is 0 Å². The highest BCUT2D eigenvalue weighted by Gasteiger charge is 2.33. The smallest absolute Gasteiger partial charge is 0.0897 e. The highest BCUT2D eigenvalue weighted by Crippen LogP contribution is 2.25. The first-order valence-electron chi connectivity index (χ1n) is 9.13. The third kappa shape index (κ3) is 4.44. The van der Waals surface area contributed by atoms with Crippen LogP contribution in [0.4, 0.5) is 0 Å². The highest BCUT2D eigenvalue weighted by atomic mass is 32.1. The number of nitrogens with zero attached hydrogens (tertiary/aromatic N) is 4. The van der Waals surface area contributed by atoms with E-state index in [0.717, 1.165) is 56.6 Å². The second-order valence-electron chi connectivity index (χ2n) is 7.11. The van der Waals surface area contributed by atoms with Gasteiger partial charge in [-0.25, -0.2) is 4.98 Å². The molecule has 134 valence electrons. The minimum absolute atomic E-state index is 0.347. The van der Waals surface area contributed by atoms with Crippen molar-refractivity contribution in [3.8, 4) is 0 Å². The van der Waals surface area contributed by atoms with Crippen LogP contribution in [0.2, 0.25) is 0 Å². The molecule has 0 saturated carbocycles. The van der Waals surface area contributed by atoms with Gasteiger partial charge < -0.3 is 4.74 Å². The van der Waals surface area contributed by atoms with Crippen molar-refractivity contribution >= 4 is 11.3 Å². The van der Waals surface area contributed by atoms with Crippen LogP contribution in [-0.2, 0) is 17.8 Å². The molecule has 25 heavy (non-hydrogen) atoms. The van der Waals surface area contributed by atoms with Gasteiger partial charge in [-0.3, -0.25) is 14.8 Å². The van der Waals surface area contributed by atoms with Gasteiger partial charge in [-0.1, -0.05) is 6.07 Å². The Labute approximate surface area is 153 Å². The number of hydrogen-bond donors (Lipinski definition) is 0. The second kappa shape index (κ2) is 7.91. The van der Waals surface area contributed by atoms with E-state index in [2.05, 4.69) is 44.2 Å². The fourth-order valence-corrected chi connectivity index (χ4v) is 4.50. The van der Waals surface area contributed by atoms with Crippen molar-refractivity contribution in [2.45, 2.75) is 32.5 Å². The first-order valence-corrected chi connectivity index (χ1v) is 10.0. The van der Waals surface area contributed by atoms with E-state index in [1.165, 1.54) is 12.1 Å². The second-order valence-corrected chi connectivity index (χ2v) is 8.17. The summed E-state index contributed by atoms with van der Waals surface area (Å²) in [7, 11) is 0. The summed E-state index contributed by atoms with van der Waals surface area (Å²) in [5, 5.41) is 3.34. The largest absolute Gasteiger partial charge is 0.375 e. The van der Waals surface area contributed by atoms with Crippen molar-refractivity contribution in [1.82, 2.24) is 19.8 Å². The maximum atomic E-state index is 6.23. The van der Waals surface area contributed by atoms with Gasteiger partial charge in [0.05, 0.1) is 29.1 Å². The third-order valence-electron chi connectivity index (χ3n) is 5.18. The number of likely N-dealkylation sites (tertiary alicyclic amines) is 1. The zero-order chi connectivity index (χ0) is 17.1. The normalized spacial score (nSPS) is 25.5. The molecule has 0 radical (unpaired) electrons. The van der Waals surface area contributed by atoms with Gasteiger partial charge in [-0.05, 0) is 32.0 Å². The van der Waals surface area contributed by atoms with Crippen LogP contribution in [-0.4, -0.2) is 58.7 Å². The van der Waals surface area contributed by atoms with E-state index >= 15 is 0 Å². The summed E-state index contributed by atoms with van der Waals surface area (Å²) in [5.41, 5.74) is 2.35. The summed E-state index contributed by atoms with van der Waals surface area (Å²) in [5.74, 6) is 0.627. The Morgan fingerprint density at radius 1 is 1.16 bits per heavy atom. The quantitative estimate of drug-likeness (QED) is 0.840. The lowest BCUT2D eigenvalue weighted by molar-refractivity contribution is -0.0244.